The summed E-state index contributed by atoms with van der Waals surface area (Å²) in [6.07, 6.45) is 1.46. The summed E-state index contributed by atoms with van der Waals surface area (Å²) in [7, 11) is 0. The molecule has 2 atom stereocenters. The lowest BCUT2D eigenvalue weighted by Crippen LogP contribution is -2.12. The third kappa shape index (κ3) is 2.53. The van der Waals surface area contributed by atoms with Crippen molar-refractivity contribution < 1.29 is 4.74 Å². The quantitative estimate of drug-likeness (QED) is 0.766. The molecule has 1 fully saturated rings. The van der Waals surface area contributed by atoms with E-state index in [2.05, 4.69) is 13.0 Å². The fraction of sp³-hybridized carbons (Fsp3) is 0.417. The predicted octanol–water partition coefficient (Wildman–Crippen LogP) is 2.83. The summed E-state index contributed by atoms with van der Waals surface area (Å²) in [5, 5.41) is 9.23. The average Bonchev–Trinajstić information content (AvgIpc) is 2.66. The van der Waals surface area contributed by atoms with E-state index in [-0.39, 0.29) is 0 Å². The van der Waals surface area contributed by atoms with E-state index in [0.29, 0.717) is 11.4 Å². The van der Waals surface area contributed by atoms with Crippen LogP contribution in [0.2, 0.25) is 0 Å². The Kier molecular flexibility index (Phi) is 3.30. The van der Waals surface area contributed by atoms with Crippen molar-refractivity contribution in [2.45, 2.75) is 29.6 Å². The van der Waals surface area contributed by atoms with Crippen LogP contribution in [0.25, 0.3) is 0 Å². The highest BCUT2D eigenvalue weighted by Gasteiger charge is 2.24. The van der Waals surface area contributed by atoms with Gasteiger partial charge in [0.15, 0.2) is 0 Å². The molecule has 2 rings (SSSR count). The van der Waals surface area contributed by atoms with Gasteiger partial charge in [0.1, 0.15) is 0 Å². The molecule has 0 saturated carbocycles. The number of hydrogen-bond acceptors (Lipinski definition) is 3. The second-order valence-electron chi connectivity index (χ2n) is 3.66. The van der Waals surface area contributed by atoms with E-state index < -0.39 is 0 Å². The van der Waals surface area contributed by atoms with Crippen molar-refractivity contribution in [1.29, 1.82) is 5.26 Å². The molecule has 1 aliphatic rings. The maximum atomic E-state index is 8.68. The van der Waals surface area contributed by atoms with Gasteiger partial charge in [-0.3, -0.25) is 0 Å². The fourth-order valence-corrected chi connectivity index (χ4v) is 2.78. The molecule has 0 aromatic heterocycles. The van der Waals surface area contributed by atoms with Crippen LogP contribution in [0.1, 0.15) is 18.9 Å². The average molecular weight is 219 g/mol. The van der Waals surface area contributed by atoms with Gasteiger partial charge in [-0.1, -0.05) is 0 Å². The summed E-state index contributed by atoms with van der Waals surface area (Å²) in [5.74, 6) is 0. The van der Waals surface area contributed by atoms with Gasteiger partial charge in [0.2, 0.25) is 0 Å². The van der Waals surface area contributed by atoms with E-state index in [0.717, 1.165) is 18.6 Å². The SMILES string of the molecule is CC1OCCC1Sc1ccc(C#N)cc1. The first kappa shape index (κ1) is 10.5. The van der Waals surface area contributed by atoms with Gasteiger partial charge in [-0.25, -0.2) is 0 Å². The normalized spacial score (nSPS) is 25.1. The van der Waals surface area contributed by atoms with Crippen molar-refractivity contribution in [2.75, 3.05) is 6.61 Å². The first-order valence-electron chi connectivity index (χ1n) is 5.08. The Bertz CT molecular complexity index is 368. The third-order valence-corrected chi connectivity index (χ3v) is 4.04. The Labute approximate surface area is 94.2 Å². The number of nitriles is 1. The van der Waals surface area contributed by atoms with Crippen LogP contribution in [0.3, 0.4) is 0 Å². The first-order chi connectivity index (χ1) is 7.29. The molecular weight excluding hydrogens is 206 g/mol. The molecule has 0 aliphatic carbocycles. The Morgan fingerprint density at radius 2 is 2.13 bits per heavy atom. The molecule has 2 nitrogen and oxygen atoms in total. The number of benzene rings is 1. The zero-order chi connectivity index (χ0) is 10.7. The largest absolute Gasteiger partial charge is 0.377 e. The van der Waals surface area contributed by atoms with Crippen LogP contribution >= 0.6 is 11.8 Å². The predicted molar refractivity (Wildman–Crippen MR) is 60.8 cm³/mol. The van der Waals surface area contributed by atoms with E-state index in [1.54, 1.807) is 0 Å². The molecule has 0 amide bonds. The molecule has 1 aliphatic heterocycles. The van der Waals surface area contributed by atoms with Gasteiger partial charge in [-0.2, -0.15) is 5.26 Å². The minimum atomic E-state index is 0.339. The third-order valence-electron chi connectivity index (χ3n) is 2.58. The Hall–Kier alpha value is -0.980. The lowest BCUT2D eigenvalue weighted by atomic mass is 10.2. The monoisotopic (exact) mass is 219 g/mol. The van der Waals surface area contributed by atoms with Crippen molar-refractivity contribution in [1.82, 2.24) is 0 Å². The second kappa shape index (κ2) is 4.69. The summed E-state index contributed by atoms with van der Waals surface area (Å²) in [5.41, 5.74) is 0.718. The molecule has 1 aromatic rings. The van der Waals surface area contributed by atoms with Crippen molar-refractivity contribution in [3.8, 4) is 6.07 Å². The molecule has 0 bridgehead atoms. The van der Waals surface area contributed by atoms with Gasteiger partial charge in [0, 0.05) is 16.8 Å². The van der Waals surface area contributed by atoms with Crippen LogP contribution in [-0.4, -0.2) is 18.0 Å². The van der Waals surface area contributed by atoms with Gasteiger partial charge in [0.25, 0.3) is 0 Å². The standard InChI is InChI=1S/C12H13NOS/c1-9-12(6-7-14-9)15-11-4-2-10(8-13)3-5-11/h2-5,9,12H,6-7H2,1H3. The van der Waals surface area contributed by atoms with Gasteiger partial charge >= 0.3 is 0 Å². The van der Waals surface area contributed by atoms with Crippen LogP contribution in [0.5, 0.6) is 0 Å². The molecule has 1 saturated heterocycles. The Balaban J connectivity index is 2.02. The summed E-state index contributed by atoms with van der Waals surface area (Å²) in [6, 6.07) is 9.87. The Morgan fingerprint density at radius 1 is 1.40 bits per heavy atom. The highest BCUT2D eigenvalue weighted by Crippen LogP contribution is 2.32. The van der Waals surface area contributed by atoms with Gasteiger partial charge in [-0.05, 0) is 37.6 Å². The smallest absolute Gasteiger partial charge is 0.0991 e. The van der Waals surface area contributed by atoms with Crippen LogP contribution < -0.4 is 0 Å². The minimum Gasteiger partial charge on any atom is -0.377 e. The van der Waals surface area contributed by atoms with E-state index in [1.165, 1.54) is 4.90 Å². The molecule has 0 radical (unpaired) electrons. The molecule has 2 unspecified atom stereocenters. The molecule has 1 heterocycles. The van der Waals surface area contributed by atoms with Gasteiger partial charge in [-0.15, -0.1) is 11.8 Å². The fourth-order valence-electron chi connectivity index (χ4n) is 1.65. The molecule has 0 spiro atoms. The lowest BCUT2D eigenvalue weighted by molar-refractivity contribution is 0.127. The van der Waals surface area contributed by atoms with Crippen LogP contribution in [-0.2, 0) is 4.74 Å². The summed E-state index contributed by atoms with van der Waals surface area (Å²) in [4.78, 5) is 1.22. The van der Waals surface area contributed by atoms with Crippen LogP contribution in [0.4, 0.5) is 0 Å². The molecule has 0 N–H and O–H groups in total. The molecule has 3 heteroatoms. The van der Waals surface area contributed by atoms with Gasteiger partial charge < -0.3 is 4.74 Å². The van der Waals surface area contributed by atoms with E-state index in [4.69, 9.17) is 10.00 Å². The highest BCUT2D eigenvalue weighted by molar-refractivity contribution is 8.00. The van der Waals surface area contributed by atoms with Crippen molar-refractivity contribution in [3.05, 3.63) is 29.8 Å². The molecule has 78 valence electrons. The number of hydrogen-bond donors (Lipinski definition) is 0. The van der Waals surface area contributed by atoms with E-state index in [9.17, 15) is 0 Å². The van der Waals surface area contributed by atoms with Crippen molar-refractivity contribution in [2.24, 2.45) is 0 Å². The maximum absolute atomic E-state index is 8.68. The topological polar surface area (TPSA) is 33.0 Å². The second-order valence-corrected chi connectivity index (χ2v) is 4.97. The Morgan fingerprint density at radius 3 is 2.67 bits per heavy atom. The number of rotatable bonds is 2. The summed E-state index contributed by atoms with van der Waals surface area (Å²) < 4.78 is 5.51. The number of ether oxygens (including phenoxy) is 1. The summed E-state index contributed by atoms with van der Waals surface area (Å²) in [6.45, 7) is 2.99. The summed E-state index contributed by atoms with van der Waals surface area (Å²) >= 11 is 1.84. The van der Waals surface area contributed by atoms with Crippen molar-refractivity contribution >= 4 is 11.8 Å². The maximum Gasteiger partial charge on any atom is 0.0991 e. The van der Waals surface area contributed by atoms with E-state index >= 15 is 0 Å². The molecule has 1 aromatic carbocycles. The highest BCUT2D eigenvalue weighted by atomic mass is 32.2. The zero-order valence-corrected chi connectivity index (χ0v) is 9.46. The number of nitrogens with zero attached hydrogens (tertiary/aromatic N) is 1. The number of thioether (sulfide) groups is 1. The first-order valence-corrected chi connectivity index (χ1v) is 5.96. The van der Waals surface area contributed by atoms with Crippen LogP contribution in [0.15, 0.2) is 29.2 Å². The molecule has 15 heavy (non-hydrogen) atoms. The lowest BCUT2D eigenvalue weighted by Gasteiger charge is -2.13. The van der Waals surface area contributed by atoms with Crippen molar-refractivity contribution in [3.63, 3.8) is 0 Å². The van der Waals surface area contributed by atoms with Crippen LogP contribution in [0, 0.1) is 11.3 Å². The minimum absolute atomic E-state index is 0.339. The van der Waals surface area contributed by atoms with Gasteiger partial charge in [0.05, 0.1) is 17.7 Å². The zero-order valence-electron chi connectivity index (χ0n) is 8.64. The molecular formula is C12H13NOS. The van der Waals surface area contributed by atoms with E-state index in [1.807, 2.05) is 36.0 Å².